The maximum Gasteiger partial charge on any atom is 0.341 e. The van der Waals surface area contributed by atoms with E-state index in [1.165, 1.54) is 4.90 Å². The van der Waals surface area contributed by atoms with Crippen molar-refractivity contribution in [2.24, 2.45) is 0 Å². The number of ketones is 1. The number of carbonyl (C=O) groups is 4. The zero-order valence-corrected chi connectivity index (χ0v) is 20.9. The molecule has 1 aromatic heterocycles. The van der Waals surface area contributed by atoms with Crippen LogP contribution in [0.15, 0.2) is 12.1 Å². The number of Topliss-reactive ketones (excluding diaryl/α,β-unsaturated/α-hetero) is 1. The number of aromatic nitrogens is 1. The Labute approximate surface area is 200 Å². The van der Waals surface area contributed by atoms with E-state index in [0.717, 1.165) is 35.7 Å². The fraction of sp³-hybridized carbons (Fsp3) is 0.538. The Morgan fingerprint density at radius 1 is 1.03 bits per heavy atom. The molecule has 4 rings (SSSR count). The van der Waals surface area contributed by atoms with E-state index in [-0.39, 0.29) is 24.9 Å². The zero-order valence-electron chi connectivity index (χ0n) is 20.9. The number of anilines is 1. The predicted molar refractivity (Wildman–Crippen MR) is 129 cm³/mol. The molecule has 34 heavy (non-hydrogen) atoms. The van der Waals surface area contributed by atoms with Gasteiger partial charge >= 0.3 is 11.9 Å². The highest BCUT2D eigenvalue weighted by Crippen LogP contribution is 2.46. The van der Waals surface area contributed by atoms with E-state index in [2.05, 4.69) is 4.98 Å². The molecule has 1 amide bonds. The monoisotopic (exact) mass is 470 g/mol. The summed E-state index contributed by atoms with van der Waals surface area (Å²) in [6, 6.07) is 2.15. The first kappa shape index (κ1) is 25.5. The number of ether oxygens (including phenoxy) is 2. The van der Waals surface area contributed by atoms with Gasteiger partial charge in [-0.2, -0.15) is 0 Å². The Morgan fingerprint density at radius 2 is 1.62 bits per heavy atom. The third kappa shape index (κ3) is 4.10. The molecule has 2 aromatic rings. The van der Waals surface area contributed by atoms with E-state index in [1.54, 1.807) is 27.7 Å². The predicted octanol–water partition coefficient (Wildman–Crippen LogP) is 4.22. The van der Waals surface area contributed by atoms with Crippen LogP contribution in [-0.2, 0) is 35.7 Å². The van der Waals surface area contributed by atoms with Gasteiger partial charge in [-0.3, -0.25) is 14.5 Å². The summed E-state index contributed by atoms with van der Waals surface area (Å²) >= 11 is 0. The smallest absolute Gasteiger partial charge is 0.341 e. The lowest BCUT2D eigenvalue weighted by Crippen LogP contribution is -2.52. The van der Waals surface area contributed by atoms with Gasteiger partial charge in [0.15, 0.2) is 5.78 Å². The van der Waals surface area contributed by atoms with Gasteiger partial charge in [0.1, 0.15) is 0 Å². The van der Waals surface area contributed by atoms with Crippen molar-refractivity contribution in [2.75, 3.05) is 18.1 Å². The third-order valence-corrected chi connectivity index (χ3v) is 6.35. The van der Waals surface area contributed by atoms with Gasteiger partial charge in [-0.25, -0.2) is 9.59 Å². The molecule has 2 aliphatic rings. The number of carbonyl (C=O) groups excluding carboxylic acids is 4. The Hall–Kier alpha value is -3.16. The summed E-state index contributed by atoms with van der Waals surface area (Å²) in [4.78, 5) is 56.1. The van der Waals surface area contributed by atoms with Crippen molar-refractivity contribution in [1.29, 1.82) is 0 Å². The largest absolute Gasteiger partial charge is 0.464 e. The van der Waals surface area contributed by atoms with Crippen LogP contribution in [0.3, 0.4) is 0 Å². The van der Waals surface area contributed by atoms with Crippen LogP contribution in [0.2, 0.25) is 0 Å². The molecule has 8 nitrogen and oxygen atoms in total. The molecule has 8 heteroatoms. The molecule has 0 saturated heterocycles. The summed E-state index contributed by atoms with van der Waals surface area (Å²) in [6.07, 6.45) is 2.98. The lowest BCUT2D eigenvalue weighted by Gasteiger charge is -2.26. The number of hydrogen-bond donors (Lipinski definition) is 1. The van der Waals surface area contributed by atoms with Gasteiger partial charge in [0.2, 0.25) is 11.9 Å². The lowest BCUT2D eigenvalue weighted by molar-refractivity contribution is -0.157. The van der Waals surface area contributed by atoms with Crippen LogP contribution in [0.1, 0.15) is 82.4 Å². The number of benzene rings is 1. The third-order valence-electron chi connectivity index (χ3n) is 6.35. The SMILES string of the molecule is CC.CCOC(=O)C(C(=O)OCC)N1C(=O)C(C)(C)c2cc3[nH]c4c(c3cc21)CCCCC4=O. The molecule has 0 atom stereocenters. The van der Waals surface area contributed by atoms with Crippen molar-refractivity contribution in [2.45, 2.75) is 78.7 Å². The maximum atomic E-state index is 13.5. The Bertz CT molecular complexity index is 1110. The van der Waals surface area contributed by atoms with Crippen LogP contribution in [0.5, 0.6) is 0 Å². The summed E-state index contributed by atoms with van der Waals surface area (Å²) < 4.78 is 10.2. The molecule has 0 radical (unpaired) electrons. The Balaban J connectivity index is 0.00000158. The second kappa shape index (κ2) is 9.99. The number of H-pyrrole nitrogens is 1. The van der Waals surface area contributed by atoms with E-state index in [0.29, 0.717) is 23.4 Å². The van der Waals surface area contributed by atoms with Crippen molar-refractivity contribution in [3.63, 3.8) is 0 Å². The number of nitrogens with one attached hydrogen (secondary N) is 1. The molecule has 184 valence electrons. The van der Waals surface area contributed by atoms with Gasteiger partial charge in [0.05, 0.1) is 30.0 Å². The van der Waals surface area contributed by atoms with E-state index in [4.69, 9.17) is 9.47 Å². The van der Waals surface area contributed by atoms with Crippen LogP contribution in [0, 0.1) is 0 Å². The fourth-order valence-electron chi connectivity index (χ4n) is 4.73. The molecule has 0 bridgehead atoms. The lowest BCUT2D eigenvalue weighted by atomic mass is 9.85. The molecular formula is C26H34N2O6. The number of fused-ring (bicyclic) bond motifs is 4. The minimum Gasteiger partial charge on any atom is -0.464 e. The number of esters is 2. The average Bonchev–Trinajstić information content (AvgIpc) is 3.17. The molecule has 1 aromatic carbocycles. The first-order valence-electron chi connectivity index (χ1n) is 12.1. The van der Waals surface area contributed by atoms with E-state index in [9.17, 15) is 19.2 Å². The normalized spacial score (nSPS) is 16.5. The maximum absolute atomic E-state index is 13.5. The van der Waals surface area contributed by atoms with E-state index < -0.39 is 23.4 Å². The summed E-state index contributed by atoms with van der Waals surface area (Å²) in [5, 5.41) is 0.830. The van der Waals surface area contributed by atoms with Crippen molar-refractivity contribution in [1.82, 2.24) is 4.98 Å². The van der Waals surface area contributed by atoms with Gasteiger partial charge in [-0.1, -0.05) is 13.8 Å². The van der Waals surface area contributed by atoms with Crippen LogP contribution in [0.4, 0.5) is 5.69 Å². The fourth-order valence-corrected chi connectivity index (χ4v) is 4.73. The van der Waals surface area contributed by atoms with Crippen molar-refractivity contribution in [3.8, 4) is 0 Å². The highest BCUT2D eigenvalue weighted by Gasteiger charge is 2.51. The van der Waals surface area contributed by atoms with Crippen LogP contribution < -0.4 is 4.90 Å². The first-order chi connectivity index (χ1) is 16.2. The summed E-state index contributed by atoms with van der Waals surface area (Å²) in [7, 11) is 0. The molecule has 0 unspecified atom stereocenters. The van der Waals surface area contributed by atoms with E-state index >= 15 is 0 Å². The van der Waals surface area contributed by atoms with Gasteiger partial charge in [0, 0.05) is 17.3 Å². The van der Waals surface area contributed by atoms with Crippen molar-refractivity contribution >= 4 is 40.2 Å². The number of nitrogens with zero attached hydrogens (tertiary/aromatic N) is 1. The number of hydrogen-bond acceptors (Lipinski definition) is 6. The van der Waals surface area contributed by atoms with Gasteiger partial charge in [-0.05, 0) is 70.2 Å². The second-order valence-corrected chi connectivity index (χ2v) is 8.73. The molecule has 1 aliphatic heterocycles. The van der Waals surface area contributed by atoms with Gasteiger partial charge in [-0.15, -0.1) is 0 Å². The number of amides is 1. The number of aromatic amines is 1. The van der Waals surface area contributed by atoms with Crippen molar-refractivity contribution < 1.29 is 28.7 Å². The topological polar surface area (TPSA) is 106 Å². The van der Waals surface area contributed by atoms with Crippen LogP contribution in [-0.4, -0.2) is 47.9 Å². The van der Waals surface area contributed by atoms with Gasteiger partial charge in [0.25, 0.3) is 0 Å². The highest BCUT2D eigenvalue weighted by atomic mass is 16.6. The summed E-state index contributed by atoms with van der Waals surface area (Å²) in [6.45, 7) is 10.9. The first-order valence-corrected chi connectivity index (χ1v) is 12.1. The second-order valence-electron chi connectivity index (χ2n) is 8.73. The average molecular weight is 471 g/mol. The summed E-state index contributed by atoms with van der Waals surface area (Å²) in [5.41, 5.74) is 2.48. The number of aryl methyl sites for hydroxylation is 1. The molecule has 1 aliphatic carbocycles. The van der Waals surface area contributed by atoms with Crippen molar-refractivity contribution in [3.05, 3.63) is 29.0 Å². The summed E-state index contributed by atoms with van der Waals surface area (Å²) in [5.74, 6) is -1.96. The molecule has 1 N–H and O–H groups in total. The minimum absolute atomic E-state index is 0.0689. The molecule has 0 spiro atoms. The molecule has 0 saturated carbocycles. The quantitative estimate of drug-likeness (QED) is 0.398. The zero-order chi connectivity index (χ0) is 25.2. The van der Waals surface area contributed by atoms with Gasteiger partial charge < -0.3 is 14.5 Å². The molecule has 2 heterocycles. The van der Waals surface area contributed by atoms with E-state index in [1.807, 2.05) is 26.0 Å². The Kier molecular flexibility index (Phi) is 7.48. The molecular weight excluding hydrogens is 436 g/mol. The van der Waals surface area contributed by atoms with Crippen LogP contribution in [0.25, 0.3) is 10.9 Å². The highest BCUT2D eigenvalue weighted by molar-refractivity contribution is 6.18. The van der Waals surface area contributed by atoms with Crippen LogP contribution >= 0.6 is 0 Å². The standard InChI is InChI=1S/C24H28N2O6.C2H6/c1-5-31-21(28)20(22(29)32-6-2)26-17-11-14-13-9-7-8-10-18(27)19(13)25-16(14)12-15(17)24(3,4)23(26)30;1-2/h11-12,20,25H,5-10H2,1-4H3;1-2H3. The molecule has 0 fully saturated rings. The minimum atomic E-state index is -1.53. The Morgan fingerprint density at radius 3 is 2.21 bits per heavy atom. The number of rotatable bonds is 5.